The number of Topliss-reactive ketones (excluding diaryl/α,β-unsaturated/α-hetero) is 1. The Morgan fingerprint density at radius 1 is 0.447 bits per heavy atom. The van der Waals surface area contributed by atoms with Crippen LogP contribution < -0.4 is 0 Å². The van der Waals surface area contributed by atoms with Crippen LogP contribution in [0.15, 0.2) is 0 Å². The van der Waals surface area contributed by atoms with E-state index < -0.39 is 45.4 Å². The largest absolute Gasteiger partial charge is 0.481 e. The van der Waals surface area contributed by atoms with E-state index >= 15 is 0 Å². The number of rotatable bonds is 37. The zero-order valence-corrected chi connectivity index (χ0v) is 30.9. The molecule has 1 atom stereocenters. The Morgan fingerprint density at radius 3 is 0.872 bits per heavy atom. The van der Waals surface area contributed by atoms with Crippen LogP contribution >= 0.6 is 0 Å². The van der Waals surface area contributed by atoms with Crippen LogP contribution in [0.1, 0.15) is 219 Å². The zero-order valence-electron chi connectivity index (χ0n) is 30.1. The molecule has 0 saturated heterocycles. The van der Waals surface area contributed by atoms with Gasteiger partial charge in [0.2, 0.25) is 0 Å². The third-order valence-corrected chi connectivity index (χ3v) is 11.1. The summed E-state index contributed by atoms with van der Waals surface area (Å²) in [5.41, 5.74) is 0. The van der Waals surface area contributed by atoms with Crippen LogP contribution in [0.3, 0.4) is 0 Å². The number of aliphatic carboxylic acids is 2. The third-order valence-electron chi connectivity index (χ3n) is 9.64. The van der Waals surface area contributed by atoms with Crippen LogP contribution in [0.2, 0.25) is 0 Å². The second-order valence-electron chi connectivity index (χ2n) is 14.0. The molecule has 0 aliphatic carbocycles. The predicted molar refractivity (Wildman–Crippen MR) is 193 cm³/mol. The summed E-state index contributed by atoms with van der Waals surface area (Å²) in [6.45, 7) is 2.28. The summed E-state index contributed by atoms with van der Waals surface area (Å²) in [6.07, 6.45) is 37.8. The highest BCUT2D eigenvalue weighted by Gasteiger charge is 2.58. The van der Waals surface area contributed by atoms with E-state index in [0.717, 1.165) is 25.7 Å². The number of ketones is 1. The van der Waals surface area contributed by atoms with Crippen LogP contribution in [0.5, 0.6) is 0 Å². The normalized spacial score (nSPS) is 13.1. The molecule has 0 aromatic rings. The fourth-order valence-electron chi connectivity index (χ4n) is 6.54. The lowest BCUT2D eigenvalue weighted by Crippen LogP contribution is -2.54. The van der Waals surface area contributed by atoms with Crippen LogP contribution in [0.25, 0.3) is 0 Å². The summed E-state index contributed by atoms with van der Waals surface area (Å²) < 4.78 is 29.3. The maximum atomic E-state index is 12.4. The lowest BCUT2D eigenvalue weighted by atomic mass is 9.94. The van der Waals surface area contributed by atoms with E-state index in [0.29, 0.717) is 6.42 Å². The van der Waals surface area contributed by atoms with Crippen molar-refractivity contribution in [3.63, 3.8) is 0 Å². The van der Waals surface area contributed by atoms with Crippen molar-refractivity contribution in [3.05, 3.63) is 0 Å². The molecule has 9 heteroatoms. The first-order valence-electron chi connectivity index (χ1n) is 19.5. The summed E-state index contributed by atoms with van der Waals surface area (Å²) in [5.74, 6) is -5.23. The van der Waals surface area contributed by atoms with Gasteiger partial charge in [-0.15, -0.1) is 0 Å². The van der Waals surface area contributed by atoms with Crippen LogP contribution in [-0.4, -0.2) is 45.7 Å². The fourth-order valence-corrected chi connectivity index (χ4v) is 7.46. The highest BCUT2D eigenvalue weighted by Crippen LogP contribution is 2.26. The molecule has 0 saturated carbocycles. The number of unbranched alkanes of at least 4 members (excludes halogenated alkanes) is 30. The lowest BCUT2D eigenvalue weighted by molar-refractivity contribution is -0.150. The second kappa shape index (κ2) is 30.6. The molecule has 0 fully saturated rings. The molecule has 0 amide bonds. The molecule has 1 unspecified atom stereocenters. The molecule has 0 spiro atoms. The third kappa shape index (κ3) is 24.3. The van der Waals surface area contributed by atoms with Crippen molar-refractivity contribution < 1.29 is 37.6 Å². The van der Waals surface area contributed by atoms with Gasteiger partial charge in [0.1, 0.15) is 0 Å². The number of carbonyl (C=O) groups excluding carboxylic acids is 1. The number of hydrogen-bond acceptors (Lipinski definition) is 5. The maximum Gasteiger partial charge on any atom is 0.335 e. The first-order valence-corrected chi connectivity index (χ1v) is 21.0. The van der Waals surface area contributed by atoms with Crippen LogP contribution in [-0.2, 0) is 24.5 Å². The van der Waals surface area contributed by atoms with Gasteiger partial charge >= 0.3 is 11.9 Å². The molecule has 0 aliphatic rings. The first-order chi connectivity index (χ1) is 22.6. The molecule has 0 bridgehead atoms. The minimum atomic E-state index is -5.43. The Bertz CT molecular complexity index is 888. The quantitative estimate of drug-likeness (QED) is 0.0332. The van der Waals surface area contributed by atoms with Gasteiger partial charge in [-0.1, -0.05) is 200 Å². The van der Waals surface area contributed by atoms with Gasteiger partial charge < -0.3 is 10.2 Å². The van der Waals surface area contributed by atoms with Gasteiger partial charge in [0.05, 0.1) is 6.42 Å². The topological polar surface area (TPSA) is 146 Å². The van der Waals surface area contributed by atoms with Gasteiger partial charge in [-0.3, -0.25) is 14.1 Å². The molecule has 0 aromatic carbocycles. The van der Waals surface area contributed by atoms with E-state index in [-0.39, 0.29) is 6.42 Å². The predicted octanol–water partition coefficient (Wildman–Crippen LogP) is 11.2. The van der Waals surface area contributed by atoms with E-state index in [2.05, 4.69) is 6.92 Å². The van der Waals surface area contributed by atoms with Gasteiger partial charge in [-0.25, -0.2) is 4.79 Å². The molecule has 47 heavy (non-hydrogen) atoms. The molecule has 0 aliphatic heterocycles. The van der Waals surface area contributed by atoms with Gasteiger partial charge in [0.25, 0.3) is 14.9 Å². The molecule has 0 rings (SSSR count). The molecule has 0 aromatic heterocycles. The molecular weight excluding hydrogens is 616 g/mol. The van der Waals surface area contributed by atoms with E-state index in [9.17, 15) is 32.5 Å². The average Bonchev–Trinajstić information content (AvgIpc) is 3.01. The zero-order chi connectivity index (χ0) is 35.1. The Labute approximate surface area is 288 Å². The van der Waals surface area contributed by atoms with E-state index in [1.807, 2.05) is 0 Å². The second-order valence-corrected chi connectivity index (χ2v) is 15.6. The van der Waals surface area contributed by atoms with Crippen molar-refractivity contribution >= 4 is 27.8 Å². The van der Waals surface area contributed by atoms with Crippen molar-refractivity contribution in [1.82, 2.24) is 0 Å². The first kappa shape index (κ1) is 45.5. The van der Waals surface area contributed by atoms with E-state index in [4.69, 9.17) is 5.11 Å². The fraction of sp³-hybridized carbons (Fsp3) is 0.921. The minimum absolute atomic E-state index is 0.252. The maximum absolute atomic E-state index is 12.4. The number of hydrogen-bond donors (Lipinski definition) is 3. The molecular formula is C38H72O8S. The van der Waals surface area contributed by atoms with Gasteiger partial charge in [0.15, 0.2) is 5.78 Å². The number of carbonyl (C=O) groups is 3. The molecule has 8 nitrogen and oxygen atoms in total. The van der Waals surface area contributed by atoms with Gasteiger partial charge in [-0.2, -0.15) is 8.42 Å². The number of carboxylic acids is 2. The smallest absolute Gasteiger partial charge is 0.335 e. The molecule has 3 N–H and O–H groups in total. The summed E-state index contributed by atoms with van der Waals surface area (Å²) in [4.78, 5) is 34.9. The van der Waals surface area contributed by atoms with Crippen LogP contribution in [0, 0.1) is 0 Å². The van der Waals surface area contributed by atoms with Gasteiger partial charge in [-0.05, 0) is 6.42 Å². The summed E-state index contributed by atoms with van der Waals surface area (Å²) in [5, 5.41) is 18.2. The number of carboxylic acid groups (broad SMARTS) is 2. The minimum Gasteiger partial charge on any atom is -0.481 e. The van der Waals surface area contributed by atoms with Crippen molar-refractivity contribution in [1.29, 1.82) is 0 Å². The van der Waals surface area contributed by atoms with E-state index in [1.54, 1.807) is 0 Å². The van der Waals surface area contributed by atoms with Crippen molar-refractivity contribution in [2.24, 2.45) is 0 Å². The average molecular weight is 689 g/mol. The van der Waals surface area contributed by atoms with Crippen molar-refractivity contribution in [2.45, 2.75) is 224 Å². The Kier molecular flexibility index (Phi) is 29.6. The Balaban J connectivity index is 3.45. The highest BCUT2D eigenvalue weighted by atomic mass is 32.2. The standard InChI is InChI=1S/C38H72O8S/c1-2-3-4-5-6-7-8-9-10-11-12-13-14-15-16-17-18-19-20-21-22-23-24-25-26-27-28-29-30-31-32-33-35(39)38(37(42)43,34-36(40)41)47(44,45)46/h2-34H2,1H3,(H,40,41)(H,42,43)(H,44,45,46). The van der Waals surface area contributed by atoms with E-state index in [1.165, 1.54) is 161 Å². The summed E-state index contributed by atoms with van der Waals surface area (Å²) in [7, 11) is -5.43. The summed E-state index contributed by atoms with van der Waals surface area (Å²) in [6, 6.07) is 0. The van der Waals surface area contributed by atoms with Crippen molar-refractivity contribution in [2.75, 3.05) is 0 Å². The monoisotopic (exact) mass is 688 g/mol. The van der Waals surface area contributed by atoms with Gasteiger partial charge in [0, 0.05) is 6.42 Å². The lowest BCUT2D eigenvalue weighted by Gasteiger charge is -2.22. The highest BCUT2D eigenvalue weighted by molar-refractivity contribution is 7.89. The van der Waals surface area contributed by atoms with Crippen molar-refractivity contribution in [3.8, 4) is 0 Å². The SMILES string of the molecule is CCCCCCCCCCCCCCCCCCCCCCCCCCCCCCCCCC(=O)C(CC(=O)O)(C(=O)O)S(=O)(=O)O. The molecule has 278 valence electrons. The Hall–Kier alpha value is -1.48. The molecule has 0 heterocycles. The molecule has 0 radical (unpaired) electrons. The summed E-state index contributed by atoms with van der Waals surface area (Å²) >= 11 is 0. The van der Waals surface area contributed by atoms with Crippen LogP contribution in [0.4, 0.5) is 0 Å². The Morgan fingerprint density at radius 2 is 0.681 bits per heavy atom.